The van der Waals surface area contributed by atoms with E-state index in [4.69, 9.17) is 9.15 Å². The second-order valence-corrected chi connectivity index (χ2v) is 6.62. The number of rotatable bonds is 6. The van der Waals surface area contributed by atoms with E-state index in [2.05, 4.69) is 46.4 Å². The van der Waals surface area contributed by atoms with E-state index in [1.165, 1.54) is 0 Å². The van der Waals surface area contributed by atoms with Crippen LogP contribution in [-0.4, -0.2) is 29.6 Å². The molecule has 0 fully saturated rings. The average Bonchev–Trinajstić information content (AvgIpc) is 3.07. The van der Waals surface area contributed by atoms with Crippen molar-refractivity contribution in [3.8, 4) is 5.88 Å². The Labute approximate surface area is 148 Å². The molecule has 7 heteroatoms. The van der Waals surface area contributed by atoms with Crippen LogP contribution in [0.2, 0.25) is 0 Å². The summed E-state index contributed by atoms with van der Waals surface area (Å²) in [6.45, 7) is 10.1. The van der Waals surface area contributed by atoms with Crippen LogP contribution in [-0.2, 0) is 18.5 Å². The third-order valence-corrected chi connectivity index (χ3v) is 3.47. The molecule has 0 saturated carbocycles. The summed E-state index contributed by atoms with van der Waals surface area (Å²) in [6.07, 6.45) is 3.50. The van der Waals surface area contributed by atoms with E-state index in [-0.39, 0.29) is 5.41 Å². The maximum Gasteiger partial charge on any atom is 0.213 e. The summed E-state index contributed by atoms with van der Waals surface area (Å²) in [6, 6.07) is 3.79. The molecule has 0 atom stereocenters. The van der Waals surface area contributed by atoms with Crippen molar-refractivity contribution < 1.29 is 9.15 Å². The van der Waals surface area contributed by atoms with Crippen molar-refractivity contribution in [2.75, 3.05) is 13.7 Å². The van der Waals surface area contributed by atoms with Crippen molar-refractivity contribution in [2.24, 2.45) is 4.99 Å². The summed E-state index contributed by atoms with van der Waals surface area (Å²) in [5, 5.41) is 6.45. The minimum absolute atomic E-state index is 0.0514. The second-order valence-electron chi connectivity index (χ2n) is 6.62. The van der Waals surface area contributed by atoms with Crippen molar-refractivity contribution in [2.45, 2.75) is 46.2 Å². The van der Waals surface area contributed by atoms with Crippen molar-refractivity contribution in [3.63, 3.8) is 0 Å². The lowest BCUT2D eigenvalue weighted by molar-refractivity contribution is 0.379. The van der Waals surface area contributed by atoms with E-state index in [1.54, 1.807) is 19.5 Å². The van der Waals surface area contributed by atoms with Crippen molar-refractivity contribution >= 4 is 5.96 Å². The molecule has 136 valence electrons. The molecule has 0 aliphatic heterocycles. The first-order chi connectivity index (χ1) is 11.9. The highest BCUT2D eigenvalue weighted by molar-refractivity contribution is 5.79. The summed E-state index contributed by atoms with van der Waals surface area (Å²) >= 11 is 0. The van der Waals surface area contributed by atoms with Gasteiger partial charge in [-0.3, -0.25) is 0 Å². The second kappa shape index (κ2) is 8.50. The highest BCUT2D eigenvalue weighted by Crippen LogP contribution is 2.22. The van der Waals surface area contributed by atoms with E-state index in [0.29, 0.717) is 30.8 Å². The van der Waals surface area contributed by atoms with Crippen LogP contribution in [0.4, 0.5) is 0 Å². The van der Waals surface area contributed by atoms with Crippen LogP contribution in [0.25, 0.3) is 0 Å². The molecule has 0 bridgehead atoms. The number of hydrogen-bond acceptors (Lipinski definition) is 5. The topological polar surface area (TPSA) is 84.6 Å². The van der Waals surface area contributed by atoms with Crippen LogP contribution in [0.5, 0.6) is 5.88 Å². The number of nitrogens with zero attached hydrogens (tertiary/aromatic N) is 3. The molecule has 2 N–H and O–H groups in total. The van der Waals surface area contributed by atoms with Crippen LogP contribution in [0.15, 0.2) is 33.9 Å². The van der Waals surface area contributed by atoms with Gasteiger partial charge in [-0.2, -0.15) is 0 Å². The van der Waals surface area contributed by atoms with Crippen LogP contribution in [0.1, 0.15) is 44.9 Å². The van der Waals surface area contributed by atoms with Crippen molar-refractivity contribution in [3.05, 3.63) is 41.7 Å². The minimum Gasteiger partial charge on any atom is -0.481 e. The summed E-state index contributed by atoms with van der Waals surface area (Å²) in [5.41, 5.74) is 0.972. The predicted octanol–water partition coefficient (Wildman–Crippen LogP) is 2.63. The first kappa shape index (κ1) is 18.8. The molecule has 0 aromatic carbocycles. The van der Waals surface area contributed by atoms with Gasteiger partial charge in [0.25, 0.3) is 0 Å². The van der Waals surface area contributed by atoms with E-state index < -0.39 is 0 Å². The number of pyridine rings is 1. The zero-order valence-corrected chi connectivity index (χ0v) is 15.6. The lowest BCUT2D eigenvalue weighted by atomic mass is 9.94. The number of nitrogens with one attached hydrogen (secondary N) is 2. The number of aliphatic imine (C=N–C) groups is 1. The number of methoxy groups -OCH3 is 1. The molecule has 0 radical (unpaired) electrons. The highest BCUT2D eigenvalue weighted by atomic mass is 16.5. The number of oxazole rings is 1. The quantitative estimate of drug-likeness (QED) is 0.618. The summed E-state index contributed by atoms with van der Waals surface area (Å²) in [5.74, 6) is 2.80. The van der Waals surface area contributed by atoms with Gasteiger partial charge in [-0.05, 0) is 18.6 Å². The fraction of sp³-hybridized carbons (Fsp3) is 0.500. The molecule has 0 aliphatic rings. The molecule has 0 unspecified atom stereocenters. The normalized spacial score (nSPS) is 12.1. The van der Waals surface area contributed by atoms with E-state index in [1.807, 2.05) is 19.1 Å². The van der Waals surface area contributed by atoms with Gasteiger partial charge in [-0.25, -0.2) is 15.0 Å². The molecule has 2 heterocycles. The van der Waals surface area contributed by atoms with Crippen LogP contribution in [0.3, 0.4) is 0 Å². The fourth-order valence-electron chi connectivity index (χ4n) is 2.07. The molecule has 0 aliphatic carbocycles. The van der Waals surface area contributed by atoms with E-state index >= 15 is 0 Å². The summed E-state index contributed by atoms with van der Waals surface area (Å²) < 4.78 is 10.9. The van der Waals surface area contributed by atoms with Gasteiger partial charge in [0.15, 0.2) is 5.96 Å². The predicted molar refractivity (Wildman–Crippen MR) is 97.6 cm³/mol. The standard InChI is InChI=1S/C18H27N5O2/c1-6-19-17(22-10-13-7-8-20-15(9-13)24-5)23-12-16-21-11-14(25-16)18(2,3)4/h7-9,11H,6,10,12H2,1-5H3,(H2,19,22,23). The molecular weight excluding hydrogens is 318 g/mol. The molecule has 2 rings (SSSR count). The SMILES string of the molecule is CCNC(=NCc1ccnc(OC)c1)NCc1ncc(C(C)(C)C)o1. The summed E-state index contributed by atoms with van der Waals surface area (Å²) in [4.78, 5) is 13.0. The third kappa shape index (κ3) is 5.77. The monoisotopic (exact) mass is 345 g/mol. The molecule has 0 spiro atoms. The number of guanidine groups is 1. The molecule has 2 aromatic rings. The van der Waals surface area contributed by atoms with E-state index in [0.717, 1.165) is 17.9 Å². The van der Waals surface area contributed by atoms with Gasteiger partial charge in [0, 0.05) is 24.2 Å². The maximum atomic E-state index is 5.79. The van der Waals surface area contributed by atoms with Gasteiger partial charge in [0.1, 0.15) is 5.76 Å². The van der Waals surface area contributed by atoms with Gasteiger partial charge in [-0.1, -0.05) is 20.8 Å². The smallest absolute Gasteiger partial charge is 0.213 e. The Balaban J connectivity index is 1.98. The van der Waals surface area contributed by atoms with Gasteiger partial charge >= 0.3 is 0 Å². The Morgan fingerprint density at radius 1 is 1.28 bits per heavy atom. The lowest BCUT2D eigenvalue weighted by Gasteiger charge is -2.13. The highest BCUT2D eigenvalue weighted by Gasteiger charge is 2.19. The van der Waals surface area contributed by atoms with Crippen molar-refractivity contribution in [1.82, 2.24) is 20.6 Å². The molecule has 7 nitrogen and oxygen atoms in total. The third-order valence-electron chi connectivity index (χ3n) is 3.47. The zero-order valence-electron chi connectivity index (χ0n) is 15.6. The number of hydrogen-bond donors (Lipinski definition) is 2. The Morgan fingerprint density at radius 3 is 2.72 bits per heavy atom. The Hall–Kier alpha value is -2.57. The van der Waals surface area contributed by atoms with Crippen LogP contribution in [0, 0.1) is 0 Å². The molecular formula is C18H27N5O2. The van der Waals surface area contributed by atoms with Crippen LogP contribution < -0.4 is 15.4 Å². The Morgan fingerprint density at radius 2 is 2.08 bits per heavy atom. The maximum absolute atomic E-state index is 5.79. The molecule has 0 saturated heterocycles. The molecule has 0 amide bonds. The number of ether oxygens (including phenoxy) is 1. The van der Waals surface area contributed by atoms with Crippen LogP contribution >= 0.6 is 0 Å². The first-order valence-corrected chi connectivity index (χ1v) is 8.38. The molecule has 2 aromatic heterocycles. The fourth-order valence-corrected chi connectivity index (χ4v) is 2.07. The van der Waals surface area contributed by atoms with Gasteiger partial charge in [-0.15, -0.1) is 0 Å². The van der Waals surface area contributed by atoms with Gasteiger partial charge in [0.05, 0.1) is 26.4 Å². The molecule has 25 heavy (non-hydrogen) atoms. The largest absolute Gasteiger partial charge is 0.481 e. The Bertz CT molecular complexity index is 703. The zero-order chi connectivity index (χ0) is 18.3. The van der Waals surface area contributed by atoms with Gasteiger partial charge in [0.2, 0.25) is 11.8 Å². The Kier molecular flexibility index (Phi) is 6.38. The average molecular weight is 345 g/mol. The number of aromatic nitrogens is 2. The lowest BCUT2D eigenvalue weighted by Crippen LogP contribution is -2.36. The van der Waals surface area contributed by atoms with E-state index in [9.17, 15) is 0 Å². The summed E-state index contributed by atoms with van der Waals surface area (Å²) in [7, 11) is 1.60. The minimum atomic E-state index is -0.0514. The van der Waals surface area contributed by atoms with Crippen molar-refractivity contribution in [1.29, 1.82) is 0 Å². The van der Waals surface area contributed by atoms with Gasteiger partial charge < -0.3 is 19.8 Å². The first-order valence-electron chi connectivity index (χ1n) is 8.38.